The van der Waals surface area contributed by atoms with Gasteiger partial charge in [0.15, 0.2) is 0 Å². The maximum absolute atomic E-state index is 12.1. The normalized spacial score (nSPS) is 11.7. The largest absolute Gasteiger partial charge is 0.493 e. The van der Waals surface area contributed by atoms with E-state index >= 15 is 0 Å². The van der Waals surface area contributed by atoms with Crippen LogP contribution in [0.2, 0.25) is 0 Å². The molecular weight excluding hydrogens is 396 g/mol. The lowest BCUT2D eigenvalue weighted by Crippen LogP contribution is -2.35. The summed E-state index contributed by atoms with van der Waals surface area (Å²) in [7, 11) is 3.10. The van der Waals surface area contributed by atoms with E-state index in [0.717, 1.165) is 22.6 Å². The van der Waals surface area contributed by atoms with Gasteiger partial charge < -0.3 is 19.2 Å². The molecular formula is C24H26N2O5. The highest BCUT2D eigenvalue weighted by Crippen LogP contribution is 2.22. The molecule has 0 fully saturated rings. The molecule has 0 saturated heterocycles. The zero-order chi connectivity index (χ0) is 22.4. The van der Waals surface area contributed by atoms with E-state index in [1.165, 1.54) is 4.90 Å². The van der Waals surface area contributed by atoms with E-state index in [0.29, 0.717) is 24.7 Å². The summed E-state index contributed by atoms with van der Waals surface area (Å²) >= 11 is 0. The molecule has 162 valence electrons. The molecule has 3 rings (SSSR count). The molecule has 1 amide bonds. The molecule has 1 atom stereocenters. The second-order valence-corrected chi connectivity index (χ2v) is 7.46. The van der Waals surface area contributed by atoms with Crippen LogP contribution in [0.4, 0.5) is 0 Å². The molecule has 1 heterocycles. The fourth-order valence-corrected chi connectivity index (χ4v) is 3.18. The Morgan fingerprint density at radius 3 is 2.39 bits per heavy atom. The Labute approximate surface area is 181 Å². The average Bonchev–Trinajstić information content (AvgIpc) is 3.13. The van der Waals surface area contributed by atoms with Crippen molar-refractivity contribution in [1.29, 1.82) is 0 Å². The Bertz CT molecular complexity index is 1030. The zero-order valence-electron chi connectivity index (χ0n) is 17.9. The molecule has 1 aromatic heterocycles. The van der Waals surface area contributed by atoms with Crippen LogP contribution in [-0.2, 0) is 22.4 Å². The van der Waals surface area contributed by atoms with E-state index in [1.807, 2.05) is 37.3 Å². The number of hydrogen-bond acceptors (Lipinski definition) is 5. The number of rotatable bonds is 9. The van der Waals surface area contributed by atoms with Crippen LogP contribution in [0.5, 0.6) is 5.75 Å². The number of carboxylic acids is 1. The van der Waals surface area contributed by atoms with Gasteiger partial charge >= 0.3 is 5.97 Å². The first-order valence-electron chi connectivity index (χ1n) is 10.0. The maximum atomic E-state index is 12.1. The molecule has 0 spiro atoms. The molecule has 0 saturated carbocycles. The Morgan fingerprint density at radius 2 is 1.77 bits per heavy atom. The maximum Gasteiger partial charge on any atom is 0.316 e. The van der Waals surface area contributed by atoms with Crippen molar-refractivity contribution in [3.05, 3.63) is 71.6 Å². The van der Waals surface area contributed by atoms with Gasteiger partial charge in [0.25, 0.3) is 0 Å². The minimum absolute atomic E-state index is 0.132. The summed E-state index contributed by atoms with van der Waals surface area (Å²) in [4.78, 5) is 29.3. The fraction of sp³-hybridized carbons (Fsp3) is 0.292. The average molecular weight is 422 g/mol. The second-order valence-electron chi connectivity index (χ2n) is 7.46. The molecule has 2 aromatic carbocycles. The molecule has 0 aliphatic heterocycles. The lowest BCUT2D eigenvalue weighted by molar-refractivity contribution is -0.150. The topological polar surface area (TPSA) is 92.9 Å². The van der Waals surface area contributed by atoms with Gasteiger partial charge in [0.1, 0.15) is 17.4 Å². The summed E-state index contributed by atoms with van der Waals surface area (Å²) in [6.45, 7) is 2.31. The summed E-state index contributed by atoms with van der Waals surface area (Å²) in [5.41, 5.74) is 2.54. The number of carbonyl (C=O) groups is 2. The number of ether oxygens (including phenoxy) is 1. The van der Waals surface area contributed by atoms with E-state index in [1.54, 1.807) is 38.4 Å². The molecule has 31 heavy (non-hydrogen) atoms. The fourth-order valence-electron chi connectivity index (χ4n) is 3.18. The Balaban J connectivity index is 1.56. The van der Waals surface area contributed by atoms with Gasteiger partial charge in [0, 0.05) is 26.1 Å². The number of aliphatic carboxylic acids is 1. The smallest absolute Gasteiger partial charge is 0.316 e. The number of carbonyl (C=O) groups excluding carboxylic acids is 1. The van der Waals surface area contributed by atoms with Crippen LogP contribution >= 0.6 is 0 Å². The van der Waals surface area contributed by atoms with Gasteiger partial charge in [-0.05, 0) is 43.2 Å². The summed E-state index contributed by atoms with van der Waals surface area (Å²) in [6, 6.07) is 16.8. The van der Waals surface area contributed by atoms with Crippen LogP contribution in [0.15, 0.2) is 59.0 Å². The van der Waals surface area contributed by atoms with Crippen LogP contribution in [0.3, 0.4) is 0 Å². The predicted octanol–water partition coefficient (Wildman–Crippen LogP) is 3.60. The first-order chi connectivity index (χ1) is 14.8. The van der Waals surface area contributed by atoms with Crippen molar-refractivity contribution in [1.82, 2.24) is 9.88 Å². The van der Waals surface area contributed by atoms with Gasteiger partial charge in [-0.15, -0.1) is 0 Å². The van der Waals surface area contributed by atoms with Gasteiger partial charge in [-0.1, -0.05) is 30.3 Å². The number of aryl methyl sites for hydroxylation is 1. The second kappa shape index (κ2) is 9.93. The number of amides is 1. The van der Waals surface area contributed by atoms with Gasteiger partial charge in [0.2, 0.25) is 11.8 Å². The predicted molar refractivity (Wildman–Crippen MR) is 116 cm³/mol. The molecule has 7 heteroatoms. The van der Waals surface area contributed by atoms with Gasteiger partial charge in [-0.2, -0.15) is 0 Å². The van der Waals surface area contributed by atoms with Crippen molar-refractivity contribution in [2.45, 2.75) is 19.8 Å². The monoisotopic (exact) mass is 422 g/mol. The molecule has 0 radical (unpaired) electrons. The number of hydrogen-bond donors (Lipinski definition) is 1. The molecule has 1 N–H and O–H groups in total. The molecule has 7 nitrogen and oxygen atoms in total. The highest BCUT2D eigenvalue weighted by molar-refractivity contribution is 5.97. The summed E-state index contributed by atoms with van der Waals surface area (Å²) in [6.07, 6.45) is 0.732. The summed E-state index contributed by atoms with van der Waals surface area (Å²) in [5.74, 6) is -0.627. The van der Waals surface area contributed by atoms with E-state index in [9.17, 15) is 14.7 Å². The van der Waals surface area contributed by atoms with Crippen LogP contribution in [0.1, 0.15) is 17.0 Å². The van der Waals surface area contributed by atoms with Crippen molar-refractivity contribution in [3.63, 3.8) is 0 Å². The standard InChI is InChI=1S/C24H26N2O5/c1-16-21(25-22(31-16)18-7-5-4-6-8-18)13-14-30-19-11-9-17(10-12-19)15-20(24(28)29)23(27)26(2)3/h4-12,20H,13-15H2,1-3H3,(H,28,29). The minimum atomic E-state index is -1.13. The highest BCUT2D eigenvalue weighted by atomic mass is 16.5. The van der Waals surface area contributed by atoms with Crippen molar-refractivity contribution in [2.75, 3.05) is 20.7 Å². The zero-order valence-corrected chi connectivity index (χ0v) is 17.9. The van der Waals surface area contributed by atoms with E-state index in [4.69, 9.17) is 9.15 Å². The van der Waals surface area contributed by atoms with E-state index in [-0.39, 0.29) is 6.42 Å². The molecule has 1 unspecified atom stereocenters. The number of aromatic nitrogens is 1. The van der Waals surface area contributed by atoms with E-state index < -0.39 is 17.8 Å². The van der Waals surface area contributed by atoms with Gasteiger partial charge in [0.05, 0.1) is 12.3 Å². The van der Waals surface area contributed by atoms with Gasteiger partial charge in [-0.3, -0.25) is 9.59 Å². The van der Waals surface area contributed by atoms with Crippen LogP contribution in [0, 0.1) is 12.8 Å². The minimum Gasteiger partial charge on any atom is -0.493 e. The Hall–Kier alpha value is -3.61. The van der Waals surface area contributed by atoms with Crippen LogP contribution in [0.25, 0.3) is 11.5 Å². The van der Waals surface area contributed by atoms with Crippen molar-refractivity contribution in [2.24, 2.45) is 5.92 Å². The van der Waals surface area contributed by atoms with Crippen molar-refractivity contribution in [3.8, 4) is 17.2 Å². The number of benzene rings is 2. The third-order valence-corrected chi connectivity index (χ3v) is 4.92. The van der Waals surface area contributed by atoms with Crippen LogP contribution in [-0.4, -0.2) is 47.6 Å². The summed E-state index contributed by atoms with van der Waals surface area (Å²) < 4.78 is 11.6. The third kappa shape index (κ3) is 5.72. The third-order valence-electron chi connectivity index (χ3n) is 4.92. The lowest BCUT2D eigenvalue weighted by Gasteiger charge is -2.17. The quantitative estimate of drug-likeness (QED) is 0.530. The molecule has 0 aliphatic carbocycles. The number of carboxylic acid groups (broad SMARTS) is 1. The SMILES string of the molecule is Cc1oc(-c2ccccc2)nc1CCOc1ccc(CC(C(=O)O)C(=O)N(C)C)cc1. The van der Waals surface area contributed by atoms with Crippen molar-refractivity contribution < 1.29 is 23.8 Å². The number of oxazole rings is 1. The Kier molecular flexibility index (Phi) is 7.07. The Morgan fingerprint density at radius 1 is 1.10 bits per heavy atom. The first-order valence-corrected chi connectivity index (χ1v) is 10.0. The van der Waals surface area contributed by atoms with E-state index in [2.05, 4.69) is 4.98 Å². The van der Waals surface area contributed by atoms with Crippen LogP contribution < -0.4 is 4.74 Å². The molecule has 0 bridgehead atoms. The molecule has 0 aliphatic rings. The highest BCUT2D eigenvalue weighted by Gasteiger charge is 2.27. The summed E-state index contributed by atoms with van der Waals surface area (Å²) in [5, 5.41) is 9.34. The van der Waals surface area contributed by atoms with Crippen molar-refractivity contribution >= 4 is 11.9 Å². The van der Waals surface area contributed by atoms with Gasteiger partial charge in [-0.25, -0.2) is 4.98 Å². The first kappa shape index (κ1) is 22.1. The lowest BCUT2D eigenvalue weighted by atomic mass is 9.98. The number of nitrogens with zero attached hydrogens (tertiary/aromatic N) is 2. The molecule has 3 aromatic rings.